The fourth-order valence-corrected chi connectivity index (χ4v) is 1.78. The van der Waals surface area contributed by atoms with Crippen LogP contribution in [0.5, 0.6) is 0 Å². The van der Waals surface area contributed by atoms with E-state index in [4.69, 9.17) is 10.8 Å². The highest BCUT2D eigenvalue weighted by Crippen LogP contribution is 2.21. The van der Waals surface area contributed by atoms with Crippen molar-refractivity contribution < 1.29 is 5.11 Å². The normalized spacial score (nSPS) is 12.8. The lowest BCUT2D eigenvalue weighted by Crippen LogP contribution is -2.03. The van der Waals surface area contributed by atoms with Crippen molar-refractivity contribution in [1.29, 1.82) is 0 Å². The topological polar surface area (TPSA) is 46.2 Å². The molecule has 0 fully saturated rings. The van der Waals surface area contributed by atoms with Crippen LogP contribution in [0, 0.1) is 0 Å². The molecule has 0 saturated heterocycles. The third-order valence-electron chi connectivity index (χ3n) is 1.84. The molecular weight excluding hydrogens is 182 g/mol. The number of nitrogens with two attached hydrogens (primary N) is 1. The van der Waals surface area contributed by atoms with Gasteiger partial charge in [-0.2, -0.15) is 11.8 Å². The molecule has 2 nitrogen and oxygen atoms in total. The fourth-order valence-electron chi connectivity index (χ4n) is 0.950. The molecule has 0 heterocycles. The molecule has 72 valence electrons. The molecule has 1 aromatic carbocycles. The van der Waals surface area contributed by atoms with Gasteiger partial charge in [0.25, 0.3) is 0 Å². The van der Waals surface area contributed by atoms with E-state index in [2.05, 4.69) is 0 Å². The number of rotatable bonds is 4. The largest absolute Gasteiger partial charge is 0.398 e. The minimum atomic E-state index is 0.220. The van der Waals surface area contributed by atoms with Crippen molar-refractivity contribution in [2.75, 3.05) is 12.3 Å². The smallest absolute Gasteiger partial charge is 0.0547 e. The number of hydrogen-bond donors (Lipinski definition) is 2. The predicted octanol–water partition coefficient (Wildman–Crippen LogP) is 1.88. The maximum absolute atomic E-state index is 8.83. The van der Waals surface area contributed by atoms with Crippen LogP contribution in [-0.4, -0.2) is 17.0 Å². The van der Waals surface area contributed by atoms with Crippen molar-refractivity contribution in [2.45, 2.75) is 17.9 Å². The molecule has 3 heteroatoms. The Bertz CT molecular complexity index is 265. The summed E-state index contributed by atoms with van der Waals surface area (Å²) >= 11 is 1.71. The lowest BCUT2D eigenvalue weighted by Gasteiger charge is -2.08. The molecule has 13 heavy (non-hydrogen) atoms. The first kappa shape index (κ1) is 10.4. The van der Waals surface area contributed by atoms with E-state index in [1.54, 1.807) is 11.8 Å². The van der Waals surface area contributed by atoms with Gasteiger partial charge < -0.3 is 10.8 Å². The van der Waals surface area contributed by atoms with E-state index in [0.717, 1.165) is 17.0 Å². The Hall–Kier alpha value is -0.670. The number of thioether (sulfide) groups is 1. The molecule has 0 bridgehead atoms. The first-order valence-electron chi connectivity index (χ1n) is 4.30. The van der Waals surface area contributed by atoms with Gasteiger partial charge in [-0.05, 0) is 11.6 Å². The highest BCUT2D eigenvalue weighted by atomic mass is 32.2. The van der Waals surface area contributed by atoms with Crippen molar-refractivity contribution in [3.05, 3.63) is 29.8 Å². The van der Waals surface area contributed by atoms with Crippen LogP contribution >= 0.6 is 11.8 Å². The summed E-state index contributed by atoms with van der Waals surface area (Å²) in [6.07, 6.45) is 0. The van der Waals surface area contributed by atoms with Crippen molar-refractivity contribution in [3.63, 3.8) is 0 Å². The third-order valence-corrected chi connectivity index (χ3v) is 3.03. The predicted molar refractivity (Wildman–Crippen MR) is 58.7 cm³/mol. The Morgan fingerprint density at radius 3 is 2.77 bits per heavy atom. The second-order valence-electron chi connectivity index (χ2n) is 3.00. The molecule has 1 aromatic rings. The van der Waals surface area contributed by atoms with Crippen LogP contribution in [0.1, 0.15) is 12.5 Å². The van der Waals surface area contributed by atoms with Crippen LogP contribution in [-0.2, 0) is 5.75 Å². The highest BCUT2D eigenvalue weighted by Gasteiger charge is 2.02. The summed E-state index contributed by atoms with van der Waals surface area (Å²) in [5.41, 5.74) is 7.75. The maximum atomic E-state index is 8.83. The minimum absolute atomic E-state index is 0.220. The molecule has 0 aromatic heterocycles. The fraction of sp³-hybridized carbons (Fsp3) is 0.400. The third kappa shape index (κ3) is 3.28. The van der Waals surface area contributed by atoms with Crippen molar-refractivity contribution in [3.8, 4) is 0 Å². The summed E-state index contributed by atoms with van der Waals surface area (Å²) in [6, 6.07) is 7.83. The van der Waals surface area contributed by atoms with Crippen LogP contribution in [0.3, 0.4) is 0 Å². The second-order valence-corrected chi connectivity index (χ2v) is 4.43. The number of aliphatic hydroxyl groups is 1. The average molecular weight is 197 g/mol. The lowest BCUT2D eigenvalue weighted by atomic mass is 10.2. The molecule has 1 rings (SSSR count). The van der Waals surface area contributed by atoms with Gasteiger partial charge in [0.2, 0.25) is 0 Å². The Balaban J connectivity index is 2.50. The second kappa shape index (κ2) is 5.14. The summed E-state index contributed by atoms with van der Waals surface area (Å²) in [5.74, 6) is 0.869. The van der Waals surface area contributed by atoms with Crippen molar-refractivity contribution in [2.24, 2.45) is 0 Å². The van der Waals surface area contributed by atoms with E-state index in [1.165, 1.54) is 0 Å². The number of benzene rings is 1. The zero-order valence-electron chi connectivity index (χ0n) is 7.73. The van der Waals surface area contributed by atoms with Gasteiger partial charge in [0, 0.05) is 16.7 Å². The van der Waals surface area contributed by atoms with Gasteiger partial charge >= 0.3 is 0 Å². The van der Waals surface area contributed by atoms with E-state index in [-0.39, 0.29) is 11.9 Å². The molecule has 0 amide bonds. The van der Waals surface area contributed by atoms with Gasteiger partial charge in [0.05, 0.1) is 6.61 Å². The van der Waals surface area contributed by atoms with Crippen LogP contribution in [0.15, 0.2) is 24.3 Å². The van der Waals surface area contributed by atoms with Gasteiger partial charge in [-0.15, -0.1) is 0 Å². The average Bonchev–Trinajstić information content (AvgIpc) is 2.16. The van der Waals surface area contributed by atoms with Crippen LogP contribution < -0.4 is 5.73 Å². The Morgan fingerprint density at radius 2 is 2.15 bits per heavy atom. The summed E-state index contributed by atoms with van der Waals surface area (Å²) in [5, 5.41) is 9.11. The Labute approximate surface area is 83.1 Å². The maximum Gasteiger partial charge on any atom is 0.0547 e. The SMILES string of the molecule is CC(CO)SCc1ccccc1N. The van der Waals surface area contributed by atoms with E-state index < -0.39 is 0 Å². The summed E-state index contributed by atoms with van der Waals surface area (Å²) in [6.45, 7) is 2.22. The molecule has 0 radical (unpaired) electrons. The number of nitrogen functional groups attached to an aromatic ring is 1. The lowest BCUT2D eigenvalue weighted by molar-refractivity contribution is 0.300. The Kier molecular flexibility index (Phi) is 4.12. The molecule has 0 aliphatic heterocycles. The zero-order valence-corrected chi connectivity index (χ0v) is 8.55. The summed E-state index contributed by atoms with van der Waals surface area (Å²) < 4.78 is 0. The molecule has 1 atom stereocenters. The first-order valence-corrected chi connectivity index (χ1v) is 5.34. The number of hydrogen-bond acceptors (Lipinski definition) is 3. The van der Waals surface area contributed by atoms with Gasteiger partial charge in [0.1, 0.15) is 0 Å². The molecule has 1 unspecified atom stereocenters. The first-order chi connectivity index (χ1) is 6.24. The summed E-state index contributed by atoms with van der Waals surface area (Å²) in [4.78, 5) is 0. The summed E-state index contributed by atoms with van der Waals surface area (Å²) in [7, 11) is 0. The minimum Gasteiger partial charge on any atom is -0.398 e. The number of aliphatic hydroxyl groups excluding tert-OH is 1. The molecule has 0 aliphatic carbocycles. The highest BCUT2D eigenvalue weighted by molar-refractivity contribution is 7.99. The van der Waals surface area contributed by atoms with Crippen LogP contribution in [0.2, 0.25) is 0 Å². The van der Waals surface area contributed by atoms with E-state index in [0.29, 0.717) is 0 Å². The monoisotopic (exact) mass is 197 g/mol. The molecule has 0 spiro atoms. The van der Waals surface area contributed by atoms with Crippen LogP contribution in [0.4, 0.5) is 5.69 Å². The Morgan fingerprint density at radius 1 is 1.46 bits per heavy atom. The van der Waals surface area contributed by atoms with Gasteiger partial charge in [-0.3, -0.25) is 0 Å². The van der Waals surface area contributed by atoms with Gasteiger partial charge in [-0.25, -0.2) is 0 Å². The number of para-hydroxylation sites is 1. The van der Waals surface area contributed by atoms with Gasteiger partial charge in [-0.1, -0.05) is 25.1 Å². The quantitative estimate of drug-likeness (QED) is 0.724. The standard InChI is InChI=1S/C10H15NOS/c1-8(6-12)13-7-9-4-2-3-5-10(9)11/h2-5,8,12H,6-7,11H2,1H3. The van der Waals surface area contributed by atoms with E-state index in [1.807, 2.05) is 31.2 Å². The molecular formula is C10H15NOS. The molecule has 3 N–H and O–H groups in total. The zero-order chi connectivity index (χ0) is 9.68. The van der Waals surface area contributed by atoms with E-state index >= 15 is 0 Å². The van der Waals surface area contributed by atoms with Crippen LogP contribution in [0.25, 0.3) is 0 Å². The number of anilines is 1. The molecule has 0 aliphatic rings. The van der Waals surface area contributed by atoms with E-state index in [9.17, 15) is 0 Å². The van der Waals surface area contributed by atoms with Crippen molar-refractivity contribution >= 4 is 17.4 Å². The molecule has 0 saturated carbocycles. The van der Waals surface area contributed by atoms with Gasteiger partial charge in [0.15, 0.2) is 0 Å². The van der Waals surface area contributed by atoms with Crippen molar-refractivity contribution in [1.82, 2.24) is 0 Å².